The lowest BCUT2D eigenvalue weighted by Gasteiger charge is -2.26. The molecule has 0 aromatic rings. The van der Waals surface area contributed by atoms with Crippen LogP contribution < -0.4 is 5.32 Å². The maximum Gasteiger partial charge on any atom is 0.227 e. The second-order valence-electron chi connectivity index (χ2n) is 4.73. The summed E-state index contributed by atoms with van der Waals surface area (Å²) >= 11 is 0. The first-order valence-electron chi connectivity index (χ1n) is 5.86. The summed E-state index contributed by atoms with van der Waals surface area (Å²) in [6.07, 6.45) is 2.22. The second kappa shape index (κ2) is 4.49. The quantitative estimate of drug-likeness (QED) is 0.680. The molecule has 86 valence electrons. The summed E-state index contributed by atoms with van der Waals surface area (Å²) in [6.45, 7) is 4.44. The molecule has 0 radical (unpaired) electrons. The van der Waals surface area contributed by atoms with Crippen molar-refractivity contribution >= 4 is 5.91 Å². The summed E-state index contributed by atoms with van der Waals surface area (Å²) < 4.78 is 0. The maximum absolute atomic E-state index is 12.2. The standard InChI is InChI=1S/C11H20N2O2/c1-8-6-12-7-10(8)11(15)13(4-5-14)9-2-3-9/h8-10,12,14H,2-7H2,1H3. The zero-order valence-corrected chi connectivity index (χ0v) is 9.28. The van der Waals surface area contributed by atoms with Gasteiger partial charge in [-0.2, -0.15) is 0 Å². The Morgan fingerprint density at radius 3 is 2.67 bits per heavy atom. The largest absolute Gasteiger partial charge is 0.395 e. The van der Waals surface area contributed by atoms with E-state index in [1.54, 1.807) is 0 Å². The zero-order valence-electron chi connectivity index (χ0n) is 9.28. The van der Waals surface area contributed by atoms with Gasteiger partial charge in [0.2, 0.25) is 5.91 Å². The minimum atomic E-state index is 0.0801. The monoisotopic (exact) mass is 212 g/mol. The molecule has 4 heteroatoms. The van der Waals surface area contributed by atoms with Crippen LogP contribution >= 0.6 is 0 Å². The molecule has 0 aromatic carbocycles. The Hall–Kier alpha value is -0.610. The molecule has 0 spiro atoms. The number of hydrogen-bond donors (Lipinski definition) is 2. The number of aliphatic hydroxyl groups is 1. The van der Waals surface area contributed by atoms with E-state index >= 15 is 0 Å². The first-order chi connectivity index (χ1) is 7.24. The molecule has 0 bridgehead atoms. The zero-order chi connectivity index (χ0) is 10.8. The Bertz CT molecular complexity index is 241. The molecule has 4 nitrogen and oxygen atoms in total. The highest BCUT2D eigenvalue weighted by Crippen LogP contribution is 2.29. The van der Waals surface area contributed by atoms with E-state index in [-0.39, 0.29) is 18.4 Å². The predicted octanol–water partition coefficient (Wildman–Crippen LogP) is -0.175. The Kier molecular flexibility index (Phi) is 3.26. The highest BCUT2D eigenvalue weighted by molar-refractivity contribution is 5.80. The van der Waals surface area contributed by atoms with Crippen LogP contribution in [0.15, 0.2) is 0 Å². The highest BCUT2D eigenvalue weighted by Gasteiger charge is 2.38. The van der Waals surface area contributed by atoms with Gasteiger partial charge in [-0.25, -0.2) is 0 Å². The van der Waals surface area contributed by atoms with Crippen LogP contribution in [0.25, 0.3) is 0 Å². The fourth-order valence-electron chi connectivity index (χ4n) is 2.32. The third-order valence-electron chi connectivity index (χ3n) is 3.45. The summed E-state index contributed by atoms with van der Waals surface area (Å²) in [4.78, 5) is 14.1. The first kappa shape index (κ1) is 10.9. The fraction of sp³-hybridized carbons (Fsp3) is 0.909. The highest BCUT2D eigenvalue weighted by atomic mass is 16.3. The van der Waals surface area contributed by atoms with Gasteiger partial charge in [-0.15, -0.1) is 0 Å². The van der Waals surface area contributed by atoms with E-state index in [2.05, 4.69) is 12.2 Å². The van der Waals surface area contributed by atoms with E-state index in [0.29, 0.717) is 18.5 Å². The van der Waals surface area contributed by atoms with E-state index in [1.165, 1.54) is 0 Å². The number of nitrogens with one attached hydrogen (secondary N) is 1. The van der Waals surface area contributed by atoms with Crippen molar-refractivity contribution in [1.29, 1.82) is 0 Å². The summed E-state index contributed by atoms with van der Waals surface area (Å²) in [6, 6.07) is 0.414. The molecular weight excluding hydrogens is 192 g/mol. The van der Waals surface area contributed by atoms with Gasteiger partial charge in [0.05, 0.1) is 12.5 Å². The van der Waals surface area contributed by atoms with E-state index in [0.717, 1.165) is 25.9 Å². The van der Waals surface area contributed by atoms with Gasteiger partial charge in [0.25, 0.3) is 0 Å². The number of nitrogens with zero attached hydrogens (tertiary/aromatic N) is 1. The Balaban J connectivity index is 1.96. The van der Waals surface area contributed by atoms with Gasteiger partial charge < -0.3 is 15.3 Å². The van der Waals surface area contributed by atoms with Gasteiger partial charge >= 0.3 is 0 Å². The predicted molar refractivity (Wildman–Crippen MR) is 57.3 cm³/mol. The van der Waals surface area contributed by atoms with Gasteiger partial charge in [0.15, 0.2) is 0 Å². The second-order valence-corrected chi connectivity index (χ2v) is 4.73. The molecule has 15 heavy (non-hydrogen) atoms. The minimum absolute atomic E-state index is 0.0801. The third kappa shape index (κ3) is 2.32. The van der Waals surface area contributed by atoms with Crippen molar-refractivity contribution in [3.8, 4) is 0 Å². The van der Waals surface area contributed by atoms with Crippen molar-refractivity contribution < 1.29 is 9.90 Å². The molecule has 1 aliphatic heterocycles. The molecular formula is C11H20N2O2. The smallest absolute Gasteiger partial charge is 0.227 e. The lowest BCUT2D eigenvalue weighted by atomic mass is 9.96. The number of hydrogen-bond acceptors (Lipinski definition) is 3. The molecule has 2 atom stereocenters. The number of carbonyl (C=O) groups is 1. The van der Waals surface area contributed by atoms with Crippen LogP contribution in [-0.4, -0.2) is 48.2 Å². The van der Waals surface area contributed by atoms with Crippen molar-refractivity contribution in [2.24, 2.45) is 11.8 Å². The van der Waals surface area contributed by atoms with Crippen molar-refractivity contribution in [1.82, 2.24) is 10.2 Å². The third-order valence-corrected chi connectivity index (χ3v) is 3.45. The molecule has 1 aliphatic carbocycles. The first-order valence-corrected chi connectivity index (χ1v) is 5.86. The average Bonchev–Trinajstić information content (AvgIpc) is 2.97. The van der Waals surface area contributed by atoms with E-state index in [9.17, 15) is 4.79 Å². The lowest BCUT2D eigenvalue weighted by molar-refractivity contribution is -0.137. The molecule has 2 unspecified atom stereocenters. The number of rotatable bonds is 4. The van der Waals surface area contributed by atoms with Crippen molar-refractivity contribution in [3.63, 3.8) is 0 Å². The lowest BCUT2D eigenvalue weighted by Crippen LogP contribution is -2.41. The van der Waals surface area contributed by atoms with Crippen LogP contribution in [0.2, 0.25) is 0 Å². The Morgan fingerprint density at radius 1 is 1.47 bits per heavy atom. The molecule has 0 aromatic heterocycles. The van der Waals surface area contributed by atoms with Gasteiger partial charge in [0.1, 0.15) is 0 Å². The molecule has 1 amide bonds. The van der Waals surface area contributed by atoms with Crippen LogP contribution in [-0.2, 0) is 4.79 Å². The average molecular weight is 212 g/mol. The van der Waals surface area contributed by atoms with Crippen LogP contribution in [0.4, 0.5) is 0 Å². The van der Waals surface area contributed by atoms with Crippen LogP contribution in [0.1, 0.15) is 19.8 Å². The van der Waals surface area contributed by atoms with E-state index in [1.807, 2.05) is 4.90 Å². The minimum Gasteiger partial charge on any atom is -0.395 e. The van der Waals surface area contributed by atoms with Gasteiger partial charge in [-0.3, -0.25) is 4.79 Å². The van der Waals surface area contributed by atoms with Crippen LogP contribution in [0.3, 0.4) is 0 Å². The molecule has 1 saturated heterocycles. The summed E-state index contributed by atoms with van der Waals surface area (Å²) in [5, 5.41) is 12.2. The van der Waals surface area contributed by atoms with Gasteiger partial charge in [0, 0.05) is 19.1 Å². The molecule has 2 fully saturated rings. The van der Waals surface area contributed by atoms with Gasteiger partial charge in [-0.05, 0) is 25.3 Å². The molecule has 2 rings (SSSR count). The van der Waals surface area contributed by atoms with E-state index in [4.69, 9.17) is 5.11 Å². The van der Waals surface area contributed by atoms with Crippen LogP contribution in [0.5, 0.6) is 0 Å². The summed E-state index contributed by atoms with van der Waals surface area (Å²) in [5.74, 6) is 0.790. The molecule has 1 heterocycles. The van der Waals surface area contributed by atoms with Crippen molar-refractivity contribution in [2.75, 3.05) is 26.2 Å². The normalized spacial score (nSPS) is 30.5. The SMILES string of the molecule is CC1CNCC1C(=O)N(CCO)C1CC1. The summed E-state index contributed by atoms with van der Waals surface area (Å²) in [5.41, 5.74) is 0. The molecule has 1 saturated carbocycles. The maximum atomic E-state index is 12.2. The number of amides is 1. The van der Waals surface area contributed by atoms with E-state index < -0.39 is 0 Å². The topological polar surface area (TPSA) is 52.6 Å². The van der Waals surface area contributed by atoms with Crippen molar-refractivity contribution in [3.05, 3.63) is 0 Å². The Morgan fingerprint density at radius 2 is 2.20 bits per heavy atom. The fourth-order valence-corrected chi connectivity index (χ4v) is 2.32. The molecule has 2 aliphatic rings. The molecule has 2 N–H and O–H groups in total. The number of carbonyl (C=O) groups excluding carboxylic acids is 1. The Labute approximate surface area is 90.6 Å². The van der Waals surface area contributed by atoms with Crippen LogP contribution in [0, 0.1) is 11.8 Å². The number of aliphatic hydroxyl groups excluding tert-OH is 1. The van der Waals surface area contributed by atoms with Gasteiger partial charge in [-0.1, -0.05) is 6.92 Å². The van der Waals surface area contributed by atoms with Crippen molar-refractivity contribution in [2.45, 2.75) is 25.8 Å². The summed E-state index contributed by atoms with van der Waals surface area (Å²) in [7, 11) is 0.